The number of aromatic nitrogens is 3. The van der Waals surface area contributed by atoms with Crippen LogP contribution >= 0.6 is 11.6 Å². The van der Waals surface area contributed by atoms with E-state index in [1.54, 1.807) is 18.2 Å². The van der Waals surface area contributed by atoms with Crippen LogP contribution in [0.15, 0.2) is 30.3 Å². The molecule has 42 heavy (non-hydrogen) atoms. The average Bonchev–Trinajstić information content (AvgIpc) is 3.38. The molecule has 1 amide bonds. The van der Waals surface area contributed by atoms with Crippen LogP contribution in [0.1, 0.15) is 47.1 Å². The fourth-order valence-corrected chi connectivity index (χ4v) is 5.91. The summed E-state index contributed by atoms with van der Waals surface area (Å²) >= 11 is 5.95. The number of nitrogens with zero attached hydrogens (tertiary/aromatic N) is 4. The molecule has 0 radical (unpaired) electrons. The third-order valence-electron chi connectivity index (χ3n) is 8.07. The number of likely N-dealkylation sites (tertiary alicyclic amines) is 1. The number of carboxylic acid groups (broad SMARTS) is 1. The number of rotatable bonds is 8. The van der Waals surface area contributed by atoms with Gasteiger partial charge in [-0.2, -0.15) is 5.10 Å². The Kier molecular flexibility index (Phi) is 8.76. The van der Waals surface area contributed by atoms with Crippen LogP contribution in [-0.4, -0.2) is 80.9 Å². The molecule has 1 aromatic carbocycles. The smallest absolute Gasteiger partial charge is 0.310 e. The number of carbonyl (C=O) groups is 2. The van der Waals surface area contributed by atoms with Crippen molar-refractivity contribution in [1.82, 2.24) is 25.0 Å². The zero-order valence-electron chi connectivity index (χ0n) is 23.4. The summed E-state index contributed by atoms with van der Waals surface area (Å²) in [5.74, 6) is -2.33. The molecule has 0 spiro atoms. The number of pyridine rings is 1. The first kappa shape index (κ1) is 29.9. The number of hydrogen-bond acceptors (Lipinski definition) is 7. The number of H-pyrrole nitrogens is 1. The van der Waals surface area contributed by atoms with Crippen LogP contribution in [0.2, 0.25) is 5.02 Å². The number of nitrogens with one attached hydrogen (secondary N) is 2. The van der Waals surface area contributed by atoms with Gasteiger partial charge in [0.1, 0.15) is 11.6 Å². The number of carboxylic acids is 1. The Balaban J connectivity index is 1.44. The number of benzene rings is 1. The Morgan fingerprint density at radius 1 is 1.19 bits per heavy atom. The number of anilines is 2. The largest absolute Gasteiger partial charge is 0.481 e. The Morgan fingerprint density at radius 3 is 2.62 bits per heavy atom. The molecular formula is C29H33ClF2N6O4. The first-order chi connectivity index (χ1) is 20.1. The van der Waals surface area contributed by atoms with Crippen LogP contribution in [0.3, 0.4) is 0 Å². The van der Waals surface area contributed by atoms with E-state index in [2.05, 4.69) is 20.5 Å². The van der Waals surface area contributed by atoms with Gasteiger partial charge >= 0.3 is 5.97 Å². The standard InChI is InChI=1S/C29H33ClF2N6O4/c1-17-12-24(36-35-17)34-23-13-20(27(39)37-8-10-42-11-9-37)26(32)22(33-23)15-29(28(40)41)6-7-38(18(2)14-29)16-19-4-3-5-21(30)25(19)31/h3-5,12-13,18H,6-11,14-16H2,1-2H3,(H,40,41)(H2,33,34,35,36)/t18-,29-/m1/s1. The molecule has 2 atom stereocenters. The normalized spacial score (nSPS) is 21.4. The number of hydrogen-bond donors (Lipinski definition) is 3. The predicted molar refractivity (Wildman–Crippen MR) is 152 cm³/mol. The van der Waals surface area contributed by atoms with Crippen molar-refractivity contribution in [3.05, 3.63) is 69.5 Å². The van der Waals surface area contributed by atoms with E-state index in [1.807, 2.05) is 18.7 Å². The SMILES string of the molecule is Cc1cc(Nc2cc(C(=O)N3CCOCC3)c(F)c(C[C@@]3(C(=O)O)CCN(Cc4cccc(Cl)c4F)[C@H](C)C3)n2)n[nH]1. The quantitative estimate of drug-likeness (QED) is 0.343. The Labute approximate surface area is 247 Å². The lowest BCUT2D eigenvalue weighted by Crippen LogP contribution is -2.50. The van der Waals surface area contributed by atoms with Crippen LogP contribution < -0.4 is 5.32 Å². The van der Waals surface area contributed by atoms with E-state index in [0.717, 1.165) is 5.69 Å². The van der Waals surface area contributed by atoms with Crippen molar-refractivity contribution in [2.75, 3.05) is 38.2 Å². The highest BCUT2D eigenvalue weighted by molar-refractivity contribution is 6.30. The second-order valence-electron chi connectivity index (χ2n) is 11.0. The summed E-state index contributed by atoms with van der Waals surface area (Å²) in [4.78, 5) is 34.1. The number of aliphatic carboxylic acids is 1. The summed E-state index contributed by atoms with van der Waals surface area (Å²) in [6.07, 6.45) is 0.129. The zero-order chi connectivity index (χ0) is 30.0. The maximum Gasteiger partial charge on any atom is 0.310 e. The van der Waals surface area contributed by atoms with Crippen LogP contribution in [0, 0.1) is 24.0 Å². The minimum absolute atomic E-state index is 0.0273. The minimum atomic E-state index is -1.35. The minimum Gasteiger partial charge on any atom is -0.481 e. The molecule has 0 aliphatic carbocycles. The van der Waals surface area contributed by atoms with Gasteiger partial charge in [-0.15, -0.1) is 0 Å². The molecule has 0 unspecified atom stereocenters. The fourth-order valence-electron chi connectivity index (χ4n) is 5.72. The van der Waals surface area contributed by atoms with Crippen molar-refractivity contribution in [3.8, 4) is 0 Å². The third-order valence-corrected chi connectivity index (χ3v) is 8.36. The molecule has 2 aliphatic heterocycles. The molecule has 5 rings (SSSR count). The van der Waals surface area contributed by atoms with E-state index in [1.165, 1.54) is 17.0 Å². The van der Waals surface area contributed by atoms with Gasteiger partial charge in [0, 0.05) is 49.4 Å². The van der Waals surface area contributed by atoms with E-state index in [9.17, 15) is 19.1 Å². The van der Waals surface area contributed by atoms with Gasteiger partial charge in [0.05, 0.1) is 34.9 Å². The number of ether oxygens (including phenoxy) is 1. The number of morpholine rings is 1. The second-order valence-corrected chi connectivity index (χ2v) is 11.4. The Bertz CT molecular complexity index is 1480. The molecule has 2 fully saturated rings. The molecule has 2 aromatic heterocycles. The van der Waals surface area contributed by atoms with Gasteiger partial charge in [0.25, 0.3) is 5.91 Å². The number of amides is 1. The van der Waals surface area contributed by atoms with Crippen molar-refractivity contribution < 1.29 is 28.2 Å². The number of piperidine rings is 1. The van der Waals surface area contributed by atoms with Gasteiger partial charge < -0.3 is 20.1 Å². The molecule has 224 valence electrons. The molecule has 2 saturated heterocycles. The van der Waals surface area contributed by atoms with E-state index in [4.69, 9.17) is 16.3 Å². The summed E-state index contributed by atoms with van der Waals surface area (Å²) in [6, 6.07) is 7.60. The fraction of sp³-hybridized carbons (Fsp3) is 0.448. The molecule has 0 saturated carbocycles. The second kappa shape index (κ2) is 12.3. The first-order valence-electron chi connectivity index (χ1n) is 13.8. The molecular weight excluding hydrogens is 570 g/mol. The van der Waals surface area contributed by atoms with Gasteiger partial charge in [0.2, 0.25) is 0 Å². The lowest BCUT2D eigenvalue weighted by molar-refractivity contribution is -0.153. The van der Waals surface area contributed by atoms with E-state index < -0.39 is 28.9 Å². The number of aryl methyl sites for hydroxylation is 1. The summed E-state index contributed by atoms with van der Waals surface area (Å²) in [5, 5.41) is 20.4. The molecule has 10 nitrogen and oxygen atoms in total. The van der Waals surface area contributed by atoms with Crippen LogP contribution in [0.5, 0.6) is 0 Å². The maximum absolute atomic E-state index is 16.1. The van der Waals surface area contributed by atoms with Gasteiger partial charge in [-0.05, 0) is 45.4 Å². The summed E-state index contributed by atoms with van der Waals surface area (Å²) < 4.78 is 36.0. The van der Waals surface area contributed by atoms with Crippen molar-refractivity contribution >= 4 is 35.1 Å². The van der Waals surface area contributed by atoms with Crippen molar-refractivity contribution in [2.24, 2.45) is 5.41 Å². The third kappa shape index (κ3) is 6.25. The molecule has 3 N–H and O–H groups in total. The molecule has 3 aromatic rings. The average molecular weight is 603 g/mol. The van der Waals surface area contributed by atoms with Gasteiger partial charge in [-0.25, -0.2) is 13.8 Å². The van der Waals surface area contributed by atoms with Crippen LogP contribution in [-0.2, 0) is 22.5 Å². The van der Waals surface area contributed by atoms with Crippen molar-refractivity contribution in [1.29, 1.82) is 0 Å². The topological polar surface area (TPSA) is 124 Å². The first-order valence-corrected chi connectivity index (χ1v) is 14.2. The van der Waals surface area contributed by atoms with Gasteiger partial charge in [-0.3, -0.25) is 19.6 Å². The van der Waals surface area contributed by atoms with E-state index in [0.29, 0.717) is 44.2 Å². The van der Waals surface area contributed by atoms with Gasteiger partial charge in [0.15, 0.2) is 11.6 Å². The molecule has 13 heteroatoms. The van der Waals surface area contributed by atoms with E-state index >= 15 is 4.39 Å². The lowest BCUT2D eigenvalue weighted by atomic mass is 9.72. The van der Waals surface area contributed by atoms with Crippen molar-refractivity contribution in [2.45, 2.75) is 45.7 Å². The van der Waals surface area contributed by atoms with Gasteiger partial charge in [-0.1, -0.05) is 23.7 Å². The highest BCUT2D eigenvalue weighted by Crippen LogP contribution is 2.40. The predicted octanol–water partition coefficient (Wildman–Crippen LogP) is 4.56. The summed E-state index contributed by atoms with van der Waals surface area (Å²) in [5.41, 5.74) is -0.458. The summed E-state index contributed by atoms with van der Waals surface area (Å²) in [7, 11) is 0. The molecule has 4 heterocycles. The Hall–Kier alpha value is -3.61. The van der Waals surface area contributed by atoms with Crippen LogP contribution in [0.4, 0.5) is 20.4 Å². The van der Waals surface area contributed by atoms with Crippen molar-refractivity contribution in [3.63, 3.8) is 0 Å². The lowest BCUT2D eigenvalue weighted by Gasteiger charge is -2.43. The highest BCUT2D eigenvalue weighted by Gasteiger charge is 2.45. The number of halogens is 3. The van der Waals surface area contributed by atoms with E-state index in [-0.39, 0.29) is 53.9 Å². The van der Waals surface area contributed by atoms with Crippen LogP contribution in [0.25, 0.3) is 0 Å². The Morgan fingerprint density at radius 2 is 1.95 bits per heavy atom. The number of aromatic amines is 1. The molecule has 0 bridgehead atoms. The monoisotopic (exact) mass is 602 g/mol. The zero-order valence-corrected chi connectivity index (χ0v) is 24.2. The summed E-state index contributed by atoms with van der Waals surface area (Å²) in [6.45, 7) is 5.61. The number of carbonyl (C=O) groups excluding carboxylic acids is 1. The molecule has 2 aliphatic rings. The highest BCUT2D eigenvalue weighted by atomic mass is 35.5. The maximum atomic E-state index is 16.1.